The molecule has 0 atom stereocenters. The number of aryl methyl sites for hydroxylation is 2. The number of ether oxygens (including phenoxy) is 2. The van der Waals surface area contributed by atoms with Crippen LogP contribution in [0.25, 0.3) is 0 Å². The van der Waals surface area contributed by atoms with Crippen LogP contribution in [0.4, 0.5) is 21.9 Å². The van der Waals surface area contributed by atoms with Gasteiger partial charge in [0.2, 0.25) is 4.38 Å². The van der Waals surface area contributed by atoms with Crippen molar-refractivity contribution in [3.63, 3.8) is 0 Å². The Kier molecular flexibility index (Phi) is 13.3. The largest absolute Gasteiger partial charge is 0.478 e. The van der Waals surface area contributed by atoms with E-state index < -0.39 is 5.30 Å². The van der Waals surface area contributed by atoms with Gasteiger partial charge in [0.05, 0.1) is 24.6 Å². The second kappa shape index (κ2) is 14.6. The molecule has 2 rings (SSSR count). The predicted molar refractivity (Wildman–Crippen MR) is 124 cm³/mol. The molecule has 0 aromatic heterocycles. The van der Waals surface area contributed by atoms with Crippen molar-refractivity contribution in [2.24, 2.45) is 0 Å². The summed E-state index contributed by atoms with van der Waals surface area (Å²) in [5, 5.41) is -0.411. The summed E-state index contributed by atoms with van der Waals surface area (Å²) in [5.41, 5.74) is 21.0. The van der Waals surface area contributed by atoms with E-state index in [4.69, 9.17) is 21.9 Å². The third-order valence-corrected chi connectivity index (χ3v) is 4.17. The molecule has 2 aromatic carbocycles. The van der Waals surface area contributed by atoms with Crippen molar-refractivity contribution >= 4 is 50.7 Å². The minimum Gasteiger partial charge on any atom is -0.478 e. The number of benzene rings is 2. The number of hydrogen-bond donors (Lipinski definition) is 3. The molecule has 0 fully saturated rings. The van der Waals surface area contributed by atoms with Crippen molar-refractivity contribution in [1.29, 1.82) is 0 Å². The Bertz CT molecular complexity index is 698. The lowest BCUT2D eigenvalue weighted by Crippen LogP contribution is -2.03. The van der Waals surface area contributed by atoms with Crippen molar-refractivity contribution in [3.8, 4) is 0 Å². The summed E-state index contributed by atoms with van der Waals surface area (Å²) in [6.45, 7) is 8.31. The van der Waals surface area contributed by atoms with Gasteiger partial charge in [-0.3, -0.25) is 0 Å². The number of carbonyl (C=O) groups is 1. The number of para-hydroxylation sites is 2. The van der Waals surface area contributed by atoms with Gasteiger partial charge in [0.25, 0.3) is 0 Å². The minimum atomic E-state index is -0.411. The van der Waals surface area contributed by atoms with Crippen molar-refractivity contribution in [3.05, 3.63) is 53.6 Å². The van der Waals surface area contributed by atoms with Gasteiger partial charge in [-0.15, -0.1) is 0 Å². The number of hydrogen-bond acceptors (Lipinski definition) is 8. The number of nitrogen functional groups attached to an aromatic ring is 3. The molecule has 0 spiro atoms. The molecule has 0 heterocycles. The summed E-state index contributed by atoms with van der Waals surface area (Å²) in [4.78, 5) is 10.7. The van der Waals surface area contributed by atoms with E-state index in [0.29, 0.717) is 24.6 Å². The summed E-state index contributed by atoms with van der Waals surface area (Å²) in [5.74, 6) is 0. The molecular weight excluding hydrogens is 394 g/mol. The predicted octanol–water partition coefficient (Wildman–Crippen LogP) is 4.93. The second-order valence-corrected chi connectivity index (χ2v) is 6.94. The summed E-state index contributed by atoms with van der Waals surface area (Å²) in [6, 6.07) is 13.4. The fraction of sp³-hybridized carbons (Fsp3) is 0.300. The van der Waals surface area contributed by atoms with Crippen molar-refractivity contribution in [2.45, 2.75) is 27.7 Å². The smallest absolute Gasteiger partial charge is 0.375 e. The van der Waals surface area contributed by atoms with E-state index in [0.717, 1.165) is 28.6 Å². The molecule has 8 heteroatoms. The normalized spacial score (nSPS) is 9.14. The van der Waals surface area contributed by atoms with Crippen LogP contribution in [-0.4, -0.2) is 22.9 Å². The second-order valence-electron chi connectivity index (χ2n) is 5.40. The van der Waals surface area contributed by atoms with Gasteiger partial charge in [0.15, 0.2) is 0 Å². The SMILES string of the molecule is CCOC(=O)SC(=S)OCC.Cc1cccc(N)c1N.Cc1ccccc1N. The van der Waals surface area contributed by atoms with E-state index in [1.54, 1.807) is 19.9 Å². The summed E-state index contributed by atoms with van der Waals surface area (Å²) in [6.07, 6.45) is 0. The molecule has 6 nitrogen and oxygen atoms in total. The van der Waals surface area contributed by atoms with Crippen LogP contribution in [0, 0.1) is 13.8 Å². The zero-order valence-corrected chi connectivity index (χ0v) is 18.4. The fourth-order valence-electron chi connectivity index (χ4n) is 1.65. The summed E-state index contributed by atoms with van der Waals surface area (Å²) >= 11 is 5.48. The van der Waals surface area contributed by atoms with E-state index in [1.165, 1.54) is 0 Å². The maximum atomic E-state index is 10.7. The molecule has 0 aliphatic rings. The van der Waals surface area contributed by atoms with E-state index in [2.05, 4.69) is 17.0 Å². The number of carbonyl (C=O) groups excluding carboxylic acids is 1. The topological polar surface area (TPSA) is 114 Å². The van der Waals surface area contributed by atoms with Gasteiger partial charge >= 0.3 is 5.30 Å². The Morgan fingerprint density at radius 1 is 0.893 bits per heavy atom. The molecule has 6 N–H and O–H groups in total. The first-order valence-corrected chi connectivity index (χ1v) is 9.88. The van der Waals surface area contributed by atoms with Gasteiger partial charge in [-0.05, 0) is 63.2 Å². The lowest BCUT2D eigenvalue weighted by molar-refractivity contribution is 0.181. The maximum Gasteiger partial charge on any atom is 0.375 e. The van der Waals surface area contributed by atoms with Crippen molar-refractivity contribution in [1.82, 2.24) is 0 Å². The average molecular weight is 424 g/mol. The number of thiocarbonyl (C=S) groups is 1. The Balaban J connectivity index is 0.000000395. The Morgan fingerprint density at radius 3 is 1.86 bits per heavy atom. The van der Waals surface area contributed by atoms with Gasteiger partial charge < -0.3 is 26.7 Å². The molecular formula is C20H29N3O3S2. The number of rotatable bonds is 2. The van der Waals surface area contributed by atoms with Crippen LogP contribution in [0.1, 0.15) is 25.0 Å². The molecule has 0 aliphatic heterocycles. The lowest BCUT2D eigenvalue weighted by Gasteiger charge is -2.02. The maximum absolute atomic E-state index is 10.7. The molecule has 0 bridgehead atoms. The van der Waals surface area contributed by atoms with E-state index in [1.807, 2.05) is 50.2 Å². The quantitative estimate of drug-likeness (QED) is 0.354. The fourth-order valence-corrected chi connectivity index (χ4v) is 2.46. The van der Waals surface area contributed by atoms with Crippen LogP contribution in [0.3, 0.4) is 0 Å². The third kappa shape index (κ3) is 11.3. The van der Waals surface area contributed by atoms with Crippen LogP contribution in [0.15, 0.2) is 42.5 Å². The monoisotopic (exact) mass is 423 g/mol. The number of thioether (sulfide) groups is 1. The van der Waals surface area contributed by atoms with Gasteiger partial charge in [0.1, 0.15) is 0 Å². The van der Waals surface area contributed by atoms with Crippen molar-refractivity contribution < 1.29 is 14.3 Å². The summed E-state index contributed by atoms with van der Waals surface area (Å²) < 4.78 is 9.68. The zero-order chi connectivity index (χ0) is 21.5. The first-order valence-electron chi connectivity index (χ1n) is 8.65. The van der Waals surface area contributed by atoms with Crippen LogP contribution < -0.4 is 17.2 Å². The molecule has 0 saturated heterocycles. The Hall–Kier alpha value is -2.45. The molecule has 0 radical (unpaired) electrons. The highest BCUT2D eigenvalue weighted by molar-refractivity contribution is 8.32. The Morgan fingerprint density at radius 2 is 1.43 bits per heavy atom. The third-order valence-electron chi connectivity index (χ3n) is 3.24. The molecule has 154 valence electrons. The highest BCUT2D eigenvalue weighted by Gasteiger charge is 2.07. The van der Waals surface area contributed by atoms with Gasteiger partial charge in [-0.25, -0.2) is 4.79 Å². The van der Waals surface area contributed by atoms with Crippen LogP contribution in [0.2, 0.25) is 0 Å². The molecule has 0 aliphatic carbocycles. The van der Waals surface area contributed by atoms with Gasteiger partial charge in [-0.1, -0.05) is 30.3 Å². The number of nitrogens with two attached hydrogens (primary N) is 3. The molecule has 0 saturated carbocycles. The van der Waals surface area contributed by atoms with Gasteiger partial charge in [-0.2, -0.15) is 0 Å². The van der Waals surface area contributed by atoms with E-state index >= 15 is 0 Å². The standard InChI is InChI=1S/C7H10N2.C7H9N.C6H10O3S2/c1-5-3-2-4-6(8)7(5)9;1-6-4-2-3-5-7(6)8;1-3-8-5(7)11-6(10)9-4-2/h2-4H,8-9H2,1H3;2-5H,8H2,1H3;3-4H2,1-2H3. The zero-order valence-electron chi connectivity index (χ0n) is 16.7. The van der Waals surface area contributed by atoms with E-state index in [-0.39, 0.29) is 4.38 Å². The minimum absolute atomic E-state index is 0.214. The van der Waals surface area contributed by atoms with Crippen LogP contribution in [0.5, 0.6) is 0 Å². The lowest BCUT2D eigenvalue weighted by atomic mass is 10.2. The number of anilines is 3. The molecule has 0 unspecified atom stereocenters. The van der Waals surface area contributed by atoms with Gasteiger partial charge in [0, 0.05) is 17.4 Å². The average Bonchev–Trinajstić information content (AvgIpc) is 2.63. The highest BCUT2D eigenvalue weighted by atomic mass is 32.2. The van der Waals surface area contributed by atoms with Crippen LogP contribution in [-0.2, 0) is 9.47 Å². The van der Waals surface area contributed by atoms with E-state index in [9.17, 15) is 4.79 Å². The molecule has 2 aromatic rings. The molecule has 0 amide bonds. The summed E-state index contributed by atoms with van der Waals surface area (Å²) in [7, 11) is 0. The highest BCUT2D eigenvalue weighted by Crippen LogP contribution is 2.17. The molecule has 28 heavy (non-hydrogen) atoms. The Labute approximate surface area is 176 Å². The first-order chi connectivity index (χ1) is 13.2. The van der Waals surface area contributed by atoms with Crippen molar-refractivity contribution in [2.75, 3.05) is 30.4 Å². The first kappa shape index (κ1) is 25.6. The van der Waals surface area contributed by atoms with Crippen LogP contribution >= 0.6 is 24.0 Å².